The maximum Gasteiger partial charge on any atom is 0.270 e. The summed E-state index contributed by atoms with van der Waals surface area (Å²) < 4.78 is 13.0. The van der Waals surface area contributed by atoms with E-state index in [2.05, 4.69) is 5.32 Å². The van der Waals surface area contributed by atoms with Gasteiger partial charge in [0.05, 0.1) is 4.92 Å². The highest BCUT2D eigenvalue weighted by atomic mass is 19.1. The topological polar surface area (TPSA) is 72.2 Å². The number of hydrogen-bond acceptors (Lipinski definition) is 3. The summed E-state index contributed by atoms with van der Waals surface area (Å²) in [6.07, 6.45) is 0.485. The predicted octanol–water partition coefficient (Wildman–Crippen LogP) is 2.71. The van der Waals surface area contributed by atoms with Crippen LogP contribution in [-0.4, -0.2) is 17.4 Å². The first-order valence-corrected chi connectivity index (χ1v) is 6.33. The molecule has 1 amide bonds. The Morgan fingerprint density at radius 1 is 1.19 bits per heavy atom. The molecule has 0 fully saturated rings. The van der Waals surface area contributed by atoms with E-state index in [1.54, 1.807) is 12.1 Å². The minimum atomic E-state index is -0.552. The van der Waals surface area contributed by atoms with Crippen molar-refractivity contribution >= 4 is 11.6 Å². The molecule has 2 aromatic carbocycles. The maximum atomic E-state index is 13.0. The number of nitrogens with zero attached hydrogens (tertiary/aromatic N) is 1. The van der Waals surface area contributed by atoms with Crippen LogP contribution in [0.3, 0.4) is 0 Å². The van der Waals surface area contributed by atoms with Gasteiger partial charge in [0.2, 0.25) is 0 Å². The summed E-state index contributed by atoms with van der Waals surface area (Å²) in [5, 5.41) is 13.3. The van der Waals surface area contributed by atoms with Crippen LogP contribution < -0.4 is 5.32 Å². The molecule has 5 nitrogen and oxygen atoms in total. The standard InChI is InChI=1S/C15H13FN2O3/c16-13-5-1-3-11(9-13)7-8-17-15(19)12-4-2-6-14(10-12)18(20)21/h1-6,9-10H,7-8H2,(H,17,19). The van der Waals surface area contributed by atoms with Crippen LogP contribution in [0.15, 0.2) is 48.5 Å². The van der Waals surface area contributed by atoms with E-state index in [0.29, 0.717) is 13.0 Å². The van der Waals surface area contributed by atoms with Crippen molar-refractivity contribution in [2.75, 3.05) is 6.54 Å². The van der Waals surface area contributed by atoms with E-state index in [4.69, 9.17) is 0 Å². The fourth-order valence-electron chi connectivity index (χ4n) is 1.88. The number of amides is 1. The highest BCUT2D eigenvalue weighted by Gasteiger charge is 2.10. The van der Waals surface area contributed by atoms with Gasteiger partial charge in [-0.05, 0) is 30.2 Å². The van der Waals surface area contributed by atoms with E-state index in [0.717, 1.165) is 5.56 Å². The average Bonchev–Trinajstić information content (AvgIpc) is 2.47. The molecular weight excluding hydrogens is 275 g/mol. The number of rotatable bonds is 5. The molecule has 0 radical (unpaired) electrons. The first-order chi connectivity index (χ1) is 10.1. The van der Waals surface area contributed by atoms with Crippen LogP contribution in [-0.2, 0) is 6.42 Å². The van der Waals surface area contributed by atoms with Gasteiger partial charge in [0.15, 0.2) is 0 Å². The van der Waals surface area contributed by atoms with Crippen molar-refractivity contribution in [2.24, 2.45) is 0 Å². The zero-order valence-electron chi connectivity index (χ0n) is 11.1. The monoisotopic (exact) mass is 288 g/mol. The van der Waals surface area contributed by atoms with Crippen LogP contribution in [0.2, 0.25) is 0 Å². The van der Waals surface area contributed by atoms with Gasteiger partial charge in [-0.1, -0.05) is 18.2 Å². The summed E-state index contributed by atoms with van der Waals surface area (Å²) in [7, 11) is 0. The molecule has 2 aromatic rings. The molecule has 108 valence electrons. The van der Waals surface area contributed by atoms with E-state index in [9.17, 15) is 19.3 Å². The Bertz CT molecular complexity index is 673. The number of benzene rings is 2. The van der Waals surface area contributed by atoms with Crippen molar-refractivity contribution in [3.05, 3.63) is 75.6 Å². The van der Waals surface area contributed by atoms with Crippen LogP contribution in [0, 0.1) is 15.9 Å². The van der Waals surface area contributed by atoms with Crippen LogP contribution >= 0.6 is 0 Å². The normalized spacial score (nSPS) is 10.1. The summed E-state index contributed by atoms with van der Waals surface area (Å²) in [5.74, 6) is -0.715. The van der Waals surface area contributed by atoms with E-state index >= 15 is 0 Å². The lowest BCUT2D eigenvalue weighted by Crippen LogP contribution is -2.25. The smallest absolute Gasteiger partial charge is 0.270 e. The third kappa shape index (κ3) is 4.10. The van der Waals surface area contributed by atoms with Crippen LogP contribution in [0.1, 0.15) is 15.9 Å². The third-order valence-corrected chi connectivity index (χ3v) is 2.91. The molecule has 0 aliphatic carbocycles. The molecule has 0 aliphatic rings. The van der Waals surface area contributed by atoms with Crippen molar-refractivity contribution in [2.45, 2.75) is 6.42 Å². The lowest BCUT2D eigenvalue weighted by Gasteiger charge is -2.05. The molecule has 0 aromatic heterocycles. The Morgan fingerprint density at radius 2 is 1.95 bits per heavy atom. The zero-order valence-corrected chi connectivity index (χ0v) is 11.1. The number of hydrogen-bond donors (Lipinski definition) is 1. The second kappa shape index (κ2) is 6.60. The second-order valence-electron chi connectivity index (χ2n) is 4.44. The van der Waals surface area contributed by atoms with Crippen molar-refractivity contribution < 1.29 is 14.1 Å². The lowest BCUT2D eigenvalue weighted by molar-refractivity contribution is -0.384. The van der Waals surface area contributed by atoms with Gasteiger partial charge in [0.1, 0.15) is 5.82 Å². The molecule has 6 heteroatoms. The number of nitro benzene ring substituents is 1. The zero-order chi connectivity index (χ0) is 15.2. The minimum Gasteiger partial charge on any atom is -0.352 e. The summed E-state index contributed by atoms with van der Waals surface area (Å²) in [5.41, 5.74) is 0.866. The number of halogens is 1. The summed E-state index contributed by atoms with van der Waals surface area (Å²) >= 11 is 0. The first-order valence-electron chi connectivity index (χ1n) is 6.33. The van der Waals surface area contributed by atoms with E-state index in [-0.39, 0.29) is 17.1 Å². The lowest BCUT2D eigenvalue weighted by atomic mass is 10.1. The van der Waals surface area contributed by atoms with Gasteiger partial charge in [-0.2, -0.15) is 0 Å². The van der Waals surface area contributed by atoms with Gasteiger partial charge < -0.3 is 5.32 Å². The maximum absolute atomic E-state index is 13.0. The van der Waals surface area contributed by atoms with Crippen molar-refractivity contribution in [1.29, 1.82) is 0 Å². The Labute approximate surface area is 120 Å². The van der Waals surface area contributed by atoms with E-state index in [1.807, 2.05) is 0 Å². The Balaban J connectivity index is 1.93. The highest BCUT2D eigenvalue weighted by molar-refractivity contribution is 5.94. The first kappa shape index (κ1) is 14.6. The number of carbonyl (C=O) groups is 1. The number of nitrogens with one attached hydrogen (secondary N) is 1. The third-order valence-electron chi connectivity index (χ3n) is 2.91. The molecule has 0 saturated heterocycles. The molecule has 0 saturated carbocycles. The molecule has 21 heavy (non-hydrogen) atoms. The van der Waals surface area contributed by atoms with E-state index < -0.39 is 10.8 Å². The van der Waals surface area contributed by atoms with Crippen LogP contribution in [0.25, 0.3) is 0 Å². The Morgan fingerprint density at radius 3 is 2.67 bits per heavy atom. The molecular formula is C15H13FN2O3. The minimum absolute atomic E-state index is 0.132. The molecule has 0 atom stereocenters. The SMILES string of the molecule is O=C(NCCc1cccc(F)c1)c1cccc([N+](=O)[O-])c1. The summed E-state index contributed by atoms with van der Waals surface area (Å²) in [6.45, 7) is 0.324. The van der Waals surface area contributed by atoms with Crippen molar-refractivity contribution in [3.8, 4) is 0 Å². The van der Waals surface area contributed by atoms with Crippen molar-refractivity contribution in [1.82, 2.24) is 5.32 Å². The number of carbonyl (C=O) groups excluding carboxylic acids is 1. The number of nitro groups is 1. The quantitative estimate of drug-likeness (QED) is 0.679. The van der Waals surface area contributed by atoms with Crippen LogP contribution in [0.4, 0.5) is 10.1 Å². The van der Waals surface area contributed by atoms with Gasteiger partial charge in [0, 0.05) is 24.2 Å². The van der Waals surface area contributed by atoms with Gasteiger partial charge in [0.25, 0.3) is 11.6 Å². The molecule has 0 bridgehead atoms. The molecule has 0 unspecified atom stereocenters. The highest BCUT2D eigenvalue weighted by Crippen LogP contribution is 2.13. The molecule has 1 N–H and O–H groups in total. The Kier molecular flexibility index (Phi) is 4.61. The number of non-ortho nitro benzene ring substituents is 1. The van der Waals surface area contributed by atoms with Gasteiger partial charge >= 0.3 is 0 Å². The second-order valence-corrected chi connectivity index (χ2v) is 4.44. The molecule has 0 aliphatic heterocycles. The molecule has 0 spiro atoms. The fourth-order valence-corrected chi connectivity index (χ4v) is 1.88. The van der Waals surface area contributed by atoms with Gasteiger partial charge in [-0.25, -0.2) is 4.39 Å². The van der Waals surface area contributed by atoms with Gasteiger partial charge in [-0.15, -0.1) is 0 Å². The van der Waals surface area contributed by atoms with Gasteiger partial charge in [-0.3, -0.25) is 14.9 Å². The largest absolute Gasteiger partial charge is 0.352 e. The Hall–Kier alpha value is -2.76. The van der Waals surface area contributed by atoms with Crippen molar-refractivity contribution in [3.63, 3.8) is 0 Å². The molecule has 2 rings (SSSR count). The average molecular weight is 288 g/mol. The summed E-state index contributed by atoms with van der Waals surface area (Å²) in [6, 6.07) is 11.6. The fraction of sp³-hybridized carbons (Fsp3) is 0.133. The van der Waals surface area contributed by atoms with E-state index in [1.165, 1.54) is 36.4 Å². The van der Waals surface area contributed by atoms with Crippen LogP contribution in [0.5, 0.6) is 0 Å². The predicted molar refractivity (Wildman–Crippen MR) is 75.5 cm³/mol. The molecule has 0 heterocycles. The summed E-state index contributed by atoms with van der Waals surface area (Å²) in [4.78, 5) is 22.0.